The van der Waals surface area contributed by atoms with E-state index in [4.69, 9.17) is 4.74 Å². The topological polar surface area (TPSA) is 95.2 Å². The molecular weight excluding hydrogens is 464 g/mol. The Hall–Kier alpha value is -4.26. The van der Waals surface area contributed by atoms with E-state index in [1.165, 1.54) is 6.42 Å². The van der Waals surface area contributed by atoms with E-state index in [0.717, 1.165) is 47.1 Å². The predicted octanol–water partition coefficient (Wildman–Crippen LogP) is 6.55. The Morgan fingerprint density at radius 1 is 0.865 bits per heavy atom. The highest BCUT2D eigenvalue weighted by Crippen LogP contribution is 2.25. The third-order valence-electron chi connectivity index (χ3n) is 6.15. The molecule has 0 aliphatic carbocycles. The summed E-state index contributed by atoms with van der Waals surface area (Å²) in [6, 6.07) is 22.8. The number of H-pyrrole nitrogens is 1. The summed E-state index contributed by atoms with van der Waals surface area (Å²) in [5, 5.41) is 10.1. The lowest BCUT2D eigenvalue weighted by molar-refractivity contribution is 0.0955. The molecule has 37 heavy (non-hydrogen) atoms. The fourth-order valence-corrected chi connectivity index (χ4v) is 4.19. The van der Waals surface area contributed by atoms with Crippen molar-refractivity contribution in [2.24, 2.45) is 0 Å². The van der Waals surface area contributed by atoms with Crippen LogP contribution in [0.25, 0.3) is 10.9 Å². The largest absolute Gasteiger partial charge is 0.412 e. The smallest absolute Gasteiger partial charge is 0.410 e. The molecule has 0 saturated carbocycles. The summed E-state index contributed by atoms with van der Waals surface area (Å²) in [4.78, 5) is 28.3. The quantitative estimate of drug-likeness (QED) is 0.167. The molecule has 1 heterocycles. The zero-order chi connectivity index (χ0) is 25.9. The van der Waals surface area contributed by atoms with Gasteiger partial charge in [-0.3, -0.25) is 4.79 Å². The van der Waals surface area contributed by atoms with Crippen LogP contribution >= 0.6 is 0 Å². The lowest BCUT2D eigenvalue weighted by atomic mass is 10.1. The highest BCUT2D eigenvalue weighted by Gasteiger charge is 2.12. The molecule has 0 bridgehead atoms. The lowest BCUT2D eigenvalue weighted by Crippen LogP contribution is -2.27. The second kappa shape index (κ2) is 13.2. The number of amides is 2. The number of nitrogens with one attached hydrogen (secondary N) is 4. The molecule has 4 rings (SSSR count). The molecule has 7 nitrogen and oxygen atoms in total. The van der Waals surface area contributed by atoms with Crippen LogP contribution in [0.15, 0.2) is 79.0 Å². The summed E-state index contributed by atoms with van der Waals surface area (Å²) in [6.07, 6.45) is 6.49. The Morgan fingerprint density at radius 2 is 1.68 bits per heavy atom. The average Bonchev–Trinajstić information content (AvgIpc) is 3.31. The van der Waals surface area contributed by atoms with Crippen LogP contribution in [0.5, 0.6) is 5.75 Å². The van der Waals surface area contributed by atoms with Gasteiger partial charge >= 0.3 is 6.09 Å². The molecule has 2 amide bonds. The number of carbonyl (C=O) groups excluding carboxylic acids is 2. The fourth-order valence-electron chi connectivity index (χ4n) is 4.19. The molecule has 0 aliphatic rings. The van der Waals surface area contributed by atoms with Crippen LogP contribution in [0.2, 0.25) is 0 Å². The van der Waals surface area contributed by atoms with E-state index >= 15 is 0 Å². The van der Waals surface area contributed by atoms with Gasteiger partial charge in [-0.2, -0.15) is 0 Å². The number of unbranched alkanes of at least 4 members (excludes halogenated alkanes) is 3. The number of ether oxygens (including phenoxy) is 1. The van der Waals surface area contributed by atoms with Crippen LogP contribution in [0.4, 0.5) is 16.2 Å². The number of aromatic amines is 1. The van der Waals surface area contributed by atoms with Crippen molar-refractivity contribution in [3.05, 3.63) is 90.1 Å². The SMILES string of the molecule is CCCCCCNC(=O)Oc1ccc2[nH]cc(CCNC(=O)c3ccccc3Nc3ccccc3)c2c1. The van der Waals surface area contributed by atoms with Crippen molar-refractivity contribution in [1.29, 1.82) is 0 Å². The Bertz CT molecular complexity index is 1320. The second-order valence-electron chi connectivity index (χ2n) is 8.94. The predicted molar refractivity (Wildman–Crippen MR) is 149 cm³/mol. The maximum atomic E-state index is 12.9. The first-order valence-corrected chi connectivity index (χ1v) is 12.9. The molecule has 0 fully saturated rings. The summed E-state index contributed by atoms with van der Waals surface area (Å²) in [7, 11) is 0. The molecule has 1 aromatic heterocycles. The molecule has 192 valence electrons. The van der Waals surface area contributed by atoms with Crippen molar-refractivity contribution >= 4 is 34.3 Å². The summed E-state index contributed by atoms with van der Waals surface area (Å²) >= 11 is 0. The van der Waals surface area contributed by atoms with Gasteiger partial charge in [0, 0.05) is 35.9 Å². The fraction of sp³-hybridized carbons (Fsp3) is 0.267. The molecule has 7 heteroatoms. The van der Waals surface area contributed by atoms with E-state index in [1.54, 1.807) is 6.07 Å². The molecule has 0 spiro atoms. The van der Waals surface area contributed by atoms with Crippen LogP contribution in [-0.4, -0.2) is 30.1 Å². The molecule has 0 unspecified atom stereocenters. The summed E-state index contributed by atoms with van der Waals surface area (Å²) in [6.45, 7) is 3.24. The van der Waals surface area contributed by atoms with E-state index in [1.807, 2.05) is 72.9 Å². The maximum Gasteiger partial charge on any atom is 0.412 e. The number of anilines is 2. The molecule has 0 radical (unpaired) electrons. The summed E-state index contributed by atoms with van der Waals surface area (Å²) < 4.78 is 5.48. The molecule has 4 N–H and O–H groups in total. The van der Waals surface area contributed by atoms with Crippen molar-refractivity contribution in [2.45, 2.75) is 39.0 Å². The van der Waals surface area contributed by atoms with Gasteiger partial charge in [0.2, 0.25) is 0 Å². The first kappa shape index (κ1) is 25.8. The zero-order valence-corrected chi connectivity index (χ0v) is 21.2. The number of hydrogen-bond donors (Lipinski definition) is 4. The molecule has 4 aromatic rings. The van der Waals surface area contributed by atoms with Crippen LogP contribution < -0.4 is 20.7 Å². The van der Waals surface area contributed by atoms with Gasteiger partial charge in [-0.15, -0.1) is 0 Å². The van der Waals surface area contributed by atoms with Gasteiger partial charge in [0.25, 0.3) is 5.91 Å². The molecular formula is C30H34N4O3. The van der Waals surface area contributed by atoms with Crippen molar-refractivity contribution in [3.8, 4) is 5.75 Å². The number of fused-ring (bicyclic) bond motifs is 1. The number of aromatic nitrogens is 1. The minimum absolute atomic E-state index is 0.140. The third-order valence-corrected chi connectivity index (χ3v) is 6.15. The Kier molecular flexibility index (Phi) is 9.18. The molecule has 0 atom stereocenters. The minimum Gasteiger partial charge on any atom is -0.410 e. The minimum atomic E-state index is -0.442. The number of para-hydroxylation sites is 2. The highest BCUT2D eigenvalue weighted by atomic mass is 16.6. The number of rotatable bonds is 12. The first-order valence-electron chi connectivity index (χ1n) is 12.9. The van der Waals surface area contributed by atoms with Crippen molar-refractivity contribution < 1.29 is 14.3 Å². The highest BCUT2D eigenvalue weighted by molar-refractivity contribution is 6.00. The lowest BCUT2D eigenvalue weighted by Gasteiger charge is -2.12. The summed E-state index contributed by atoms with van der Waals surface area (Å²) in [5.41, 5.74) is 4.25. The van der Waals surface area contributed by atoms with E-state index in [0.29, 0.717) is 30.8 Å². The monoisotopic (exact) mass is 498 g/mol. The van der Waals surface area contributed by atoms with Gasteiger partial charge in [0.15, 0.2) is 0 Å². The zero-order valence-electron chi connectivity index (χ0n) is 21.2. The Labute approximate surface area is 217 Å². The molecule has 0 aliphatic heterocycles. The average molecular weight is 499 g/mol. The summed E-state index contributed by atoms with van der Waals surface area (Å²) in [5.74, 6) is 0.350. The van der Waals surface area contributed by atoms with E-state index in [-0.39, 0.29) is 5.91 Å². The standard InChI is InChI=1S/C30H34N4O3/c1-2-3-4-10-18-32-30(36)37-24-15-16-27-26(20-24)22(21-33-27)17-19-31-29(35)25-13-8-9-14-28(25)34-23-11-6-5-7-12-23/h5-9,11-16,20-21,33-34H,2-4,10,17-19H2,1H3,(H,31,35)(H,32,36). The maximum absolute atomic E-state index is 12.9. The van der Waals surface area contributed by atoms with Gasteiger partial charge in [-0.1, -0.05) is 56.5 Å². The van der Waals surface area contributed by atoms with Crippen LogP contribution in [-0.2, 0) is 6.42 Å². The molecule has 3 aromatic carbocycles. The van der Waals surface area contributed by atoms with Crippen LogP contribution in [0, 0.1) is 0 Å². The van der Waals surface area contributed by atoms with E-state index in [9.17, 15) is 9.59 Å². The van der Waals surface area contributed by atoms with Gasteiger partial charge < -0.3 is 25.7 Å². The van der Waals surface area contributed by atoms with E-state index < -0.39 is 6.09 Å². The van der Waals surface area contributed by atoms with Gasteiger partial charge in [0.05, 0.1) is 11.3 Å². The van der Waals surface area contributed by atoms with E-state index in [2.05, 4.69) is 27.9 Å². The van der Waals surface area contributed by atoms with Crippen molar-refractivity contribution in [1.82, 2.24) is 15.6 Å². The Balaban J connectivity index is 1.33. The van der Waals surface area contributed by atoms with Gasteiger partial charge in [-0.05, 0) is 60.9 Å². The van der Waals surface area contributed by atoms with Crippen LogP contribution in [0.3, 0.4) is 0 Å². The van der Waals surface area contributed by atoms with Gasteiger partial charge in [-0.25, -0.2) is 4.79 Å². The second-order valence-corrected chi connectivity index (χ2v) is 8.94. The number of carbonyl (C=O) groups is 2. The van der Waals surface area contributed by atoms with Crippen molar-refractivity contribution in [2.75, 3.05) is 18.4 Å². The first-order chi connectivity index (χ1) is 18.1. The normalized spacial score (nSPS) is 10.7. The van der Waals surface area contributed by atoms with Gasteiger partial charge in [0.1, 0.15) is 5.75 Å². The third kappa shape index (κ3) is 7.36. The molecule has 0 saturated heterocycles. The Morgan fingerprint density at radius 3 is 2.51 bits per heavy atom. The van der Waals surface area contributed by atoms with Crippen molar-refractivity contribution in [3.63, 3.8) is 0 Å². The van der Waals surface area contributed by atoms with Crippen LogP contribution in [0.1, 0.15) is 48.5 Å². The number of hydrogen-bond acceptors (Lipinski definition) is 4. The number of benzene rings is 3.